The molecule has 1 aromatic rings. The van der Waals surface area contributed by atoms with Crippen molar-refractivity contribution in [3.8, 4) is 0 Å². The third-order valence-corrected chi connectivity index (χ3v) is 3.32. The molecule has 1 heterocycles. The van der Waals surface area contributed by atoms with Gasteiger partial charge in [0.1, 0.15) is 12.2 Å². The first-order valence-corrected chi connectivity index (χ1v) is 6.57. The Morgan fingerprint density at radius 2 is 1.85 bits per heavy atom. The van der Waals surface area contributed by atoms with Gasteiger partial charge in [0, 0.05) is 26.2 Å². The number of hydrogen-bond acceptors (Lipinski definition) is 3. The van der Waals surface area contributed by atoms with E-state index in [4.69, 9.17) is 0 Å². The second-order valence-electron chi connectivity index (χ2n) is 4.89. The Morgan fingerprint density at radius 3 is 2.50 bits per heavy atom. The number of likely N-dealkylation sites (N-methyl/N-ethyl adjacent to an activating group) is 1. The maximum absolute atomic E-state index is 13.4. The van der Waals surface area contributed by atoms with E-state index in [1.165, 1.54) is 12.1 Å². The number of nitrogens with one attached hydrogen (secondary N) is 1. The highest BCUT2D eigenvalue weighted by Gasteiger charge is 2.21. The standard InChI is InChI=1S/C14H18FN3O2/c1-17-6-8-18(9-7-17)14(20)10-13(19)16-12-5-3-2-4-11(12)15/h2-5H,6-10H2,1H3,(H,16,19). The molecule has 0 aromatic heterocycles. The molecule has 0 atom stereocenters. The summed E-state index contributed by atoms with van der Waals surface area (Å²) >= 11 is 0. The van der Waals surface area contributed by atoms with E-state index in [1.807, 2.05) is 7.05 Å². The number of amides is 2. The van der Waals surface area contributed by atoms with Gasteiger partial charge in [0.25, 0.3) is 0 Å². The molecule has 2 amide bonds. The van der Waals surface area contributed by atoms with Crippen LogP contribution in [-0.2, 0) is 9.59 Å². The molecule has 0 radical (unpaired) electrons. The van der Waals surface area contributed by atoms with E-state index in [0.717, 1.165) is 13.1 Å². The van der Waals surface area contributed by atoms with Gasteiger partial charge in [-0.2, -0.15) is 0 Å². The van der Waals surface area contributed by atoms with Gasteiger partial charge < -0.3 is 15.1 Å². The second-order valence-corrected chi connectivity index (χ2v) is 4.89. The van der Waals surface area contributed by atoms with Crippen LogP contribution in [-0.4, -0.2) is 54.8 Å². The molecule has 0 aliphatic carbocycles. The average Bonchev–Trinajstić information content (AvgIpc) is 2.42. The zero-order valence-corrected chi connectivity index (χ0v) is 11.4. The van der Waals surface area contributed by atoms with Crippen molar-refractivity contribution in [1.82, 2.24) is 9.80 Å². The third kappa shape index (κ3) is 3.77. The topological polar surface area (TPSA) is 52.7 Å². The Balaban J connectivity index is 1.85. The summed E-state index contributed by atoms with van der Waals surface area (Å²) in [5, 5.41) is 2.42. The van der Waals surface area contributed by atoms with Crippen molar-refractivity contribution in [2.45, 2.75) is 6.42 Å². The lowest BCUT2D eigenvalue weighted by molar-refractivity contribution is -0.135. The smallest absolute Gasteiger partial charge is 0.233 e. The van der Waals surface area contributed by atoms with Crippen molar-refractivity contribution < 1.29 is 14.0 Å². The fourth-order valence-electron chi connectivity index (χ4n) is 2.06. The molecule has 1 aliphatic rings. The SMILES string of the molecule is CN1CCN(C(=O)CC(=O)Nc2ccccc2F)CC1. The van der Waals surface area contributed by atoms with Crippen LogP contribution in [0.25, 0.3) is 0 Å². The number of anilines is 1. The van der Waals surface area contributed by atoms with Gasteiger partial charge in [-0.15, -0.1) is 0 Å². The molecule has 1 aliphatic heterocycles. The molecule has 108 valence electrons. The molecular weight excluding hydrogens is 261 g/mol. The minimum absolute atomic E-state index is 0.101. The second kappa shape index (κ2) is 6.47. The zero-order valence-electron chi connectivity index (χ0n) is 11.4. The number of nitrogens with zero attached hydrogens (tertiary/aromatic N) is 2. The molecule has 0 bridgehead atoms. The first-order chi connectivity index (χ1) is 9.56. The van der Waals surface area contributed by atoms with Crippen LogP contribution in [0.3, 0.4) is 0 Å². The van der Waals surface area contributed by atoms with Crippen LogP contribution in [0.5, 0.6) is 0 Å². The maximum atomic E-state index is 13.4. The minimum Gasteiger partial charge on any atom is -0.340 e. The summed E-state index contributed by atoms with van der Waals surface area (Å²) in [5.74, 6) is -1.21. The fourth-order valence-corrected chi connectivity index (χ4v) is 2.06. The monoisotopic (exact) mass is 279 g/mol. The van der Waals surface area contributed by atoms with Gasteiger partial charge in [0.15, 0.2) is 0 Å². The number of halogens is 1. The van der Waals surface area contributed by atoms with Crippen molar-refractivity contribution in [3.05, 3.63) is 30.1 Å². The summed E-state index contributed by atoms with van der Waals surface area (Å²) in [6, 6.07) is 5.90. The lowest BCUT2D eigenvalue weighted by atomic mass is 10.2. The van der Waals surface area contributed by atoms with Gasteiger partial charge in [-0.3, -0.25) is 9.59 Å². The molecule has 1 aromatic carbocycles. The minimum atomic E-state index is -0.507. The summed E-state index contributed by atoms with van der Waals surface area (Å²) in [4.78, 5) is 27.5. The largest absolute Gasteiger partial charge is 0.340 e. The number of piperazine rings is 1. The van der Waals surface area contributed by atoms with Crippen LogP contribution < -0.4 is 5.32 Å². The molecule has 0 unspecified atom stereocenters. The Hall–Kier alpha value is -1.95. The van der Waals surface area contributed by atoms with Crippen molar-refractivity contribution in [1.29, 1.82) is 0 Å². The first-order valence-electron chi connectivity index (χ1n) is 6.57. The lowest BCUT2D eigenvalue weighted by Crippen LogP contribution is -2.47. The first kappa shape index (κ1) is 14.5. The van der Waals surface area contributed by atoms with E-state index in [1.54, 1.807) is 17.0 Å². The van der Waals surface area contributed by atoms with Gasteiger partial charge in [-0.25, -0.2) is 4.39 Å². The molecule has 1 fully saturated rings. The van der Waals surface area contributed by atoms with Crippen molar-refractivity contribution in [2.75, 3.05) is 38.5 Å². The van der Waals surface area contributed by atoms with Gasteiger partial charge in [-0.1, -0.05) is 12.1 Å². The van der Waals surface area contributed by atoms with Crippen LogP contribution in [0, 0.1) is 5.82 Å². The van der Waals surface area contributed by atoms with E-state index in [9.17, 15) is 14.0 Å². The highest BCUT2D eigenvalue weighted by molar-refractivity contribution is 6.03. The Labute approximate surface area is 117 Å². The molecule has 0 spiro atoms. The number of hydrogen-bond donors (Lipinski definition) is 1. The predicted molar refractivity (Wildman–Crippen MR) is 73.7 cm³/mol. The molecule has 1 N–H and O–H groups in total. The Kier molecular flexibility index (Phi) is 4.68. The van der Waals surface area contributed by atoms with E-state index < -0.39 is 11.7 Å². The molecule has 20 heavy (non-hydrogen) atoms. The normalized spacial score (nSPS) is 16.0. The van der Waals surface area contributed by atoms with E-state index >= 15 is 0 Å². The van der Waals surface area contributed by atoms with Crippen LogP contribution in [0.4, 0.5) is 10.1 Å². The summed E-state index contributed by atoms with van der Waals surface area (Å²) in [6.45, 7) is 2.87. The molecule has 2 rings (SSSR count). The van der Waals surface area contributed by atoms with E-state index in [2.05, 4.69) is 10.2 Å². The third-order valence-electron chi connectivity index (χ3n) is 3.32. The van der Waals surface area contributed by atoms with Crippen LogP contribution >= 0.6 is 0 Å². The van der Waals surface area contributed by atoms with Crippen LogP contribution in [0.15, 0.2) is 24.3 Å². The van der Waals surface area contributed by atoms with Crippen molar-refractivity contribution >= 4 is 17.5 Å². The number of benzene rings is 1. The number of carbonyl (C=O) groups excluding carboxylic acids is 2. The zero-order chi connectivity index (χ0) is 14.5. The Bertz CT molecular complexity index is 499. The number of rotatable bonds is 3. The molecule has 5 nitrogen and oxygen atoms in total. The van der Waals surface area contributed by atoms with Gasteiger partial charge in [0.05, 0.1) is 5.69 Å². The molecular formula is C14H18FN3O2. The van der Waals surface area contributed by atoms with E-state index in [0.29, 0.717) is 13.1 Å². The van der Waals surface area contributed by atoms with Crippen molar-refractivity contribution in [3.63, 3.8) is 0 Å². The van der Waals surface area contributed by atoms with E-state index in [-0.39, 0.29) is 18.0 Å². The number of para-hydroxylation sites is 1. The molecule has 6 heteroatoms. The van der Waals surface area contributed by atoms with Gasteiger partial charge >= 0.3 is 0 Å². The number of carbonyl (C=O) groups is 2. The Morgan fingerprint density at radius 1 is 1.20 bits per heavy atom. The molecule has 0 saturated carbocycles. The highest BCUT2D eigenvalue weighted by Crippen LogP contribution is 2.13. The van der Waals surface area contributed by atoms with Gasteiger partial charge in [0.2, 0.25) is 11.8 Å². The summed E-state index contributed by atoms with van der Waals surface area (Å²) in [5.41, 5.74) is 0.101. The quantitative estimate of drug-likeness (QED) is 0.837. The maximum Gasteiger partial charge on any atom is 0.233 e. The average molecular weight is 279 g/mol. The summed E-state index contributed by atoms with van der Waals surface area (Å²) < 4.78 is 13.4. The molecule has 1 saturated heterocycles. The fraction of sp³-hybridized carbons (Fsp3) is 0.429. The predicted octanol–water partition coefficient (Wildman–Crippen LogP) is 0.928. The van der Waals surface area contributed by atoms with Crippen molar-refractivity contribution in [2.24, 2.45) is 0 Å². The summed E-state index contributed by atoms with van der Waals surface area (Å²) in [7, 11) is 1.99. The summed E-state index contributed by atoms with van der Waals surface area (Å²) in [6.07, 6.45) is -0.252. The van der Waals surface area contributed by atoms with Gasteiger partial charge in [-0.05, 0) is 19.2 Å². The highest BCUT2D eigenvalue weighted by atomic mass is 19.1. The lowest BCUT2D eigenvalue weighted by Gasteiger charge is -2.32. The van der Waals surface area contributed by atoms with Crippen LogP contribution in [0.2, 0.25) is 0 Å². The van der Waals surface area contributed by atoms with Crippen LogP contribution in [0.1, 0.15) is 6.42 Å².